The van der Waals surface area contributed by atoms with Crippen LogP contribution >= 0.6 is 24.0 Å². The number of nitrogens with zero attached hydrogens (tertiary/aromatic N) is 2. The van der Waals surface area contributed by atoms with Crippen LogP contribution in [0.5, 0.6) is 11.5 Å². The van der Waals surface area contributed by atoms with Crippen molar-refractivity contribution in [1.29, 1.82) is 0 Å². The summed E-state index contributed by atoms with van der Waals surface area (Å²) in [7, 11) is 3.11. The van der Waals surface area contributed by atoms with Crippen LogP contribution in [0.1, 0.15) is 24.7 Å². The molecule has 2 heterocycles. The van der Waals surface area contributed by atoms with Gasteiger partial charge in [0, 0.05) is 12.1 Å². The van der Waals surface area contributed by atoms with Gasteiger partial charge in [0.2, 0.25) is 11.7 Å². The van der Waals surface area contributed by atoms with Crippen LogP contribution < -0.4 is 14.8 Å². The van der Waals surface area contributed by atoms with Crippen molar-refractivity contribution in [2.75, 3.05) is 27.3 Å². The van der Waals surface area contributed by atoms with Crippen molar-refractivity contribution in [3.63, 3.8) is 0 Å². The Kier molecular flexibility index (Phi) is 6.10. The summed E-state index contributed by atoms with van der Waals surface area (Å²) in [5.74, 6) is 2.46. The summed E-state index contributed by atoms with van der Waals surface area (Å²) in [5, 5.41) is 7.85. The number of nitrogens with one attached hydrogen (secondary N) is 1. The molecular formula is C15H19Cl2N3O3. The molecule has 1 fully saturated rings. The van der Waals surface area contributed by atoms with E-state index in [0.717, 1.165) is 31.5 Å². The molecule has 0 bridgehead atoms. The maximum absolute atomic E-state index is 6.22. The second kappa shape index (κ2) is 7.86. The molecule has 2 aromatic rings. The maximum atomic E-state index is 6.22. The van der Waals surface area contributed by atoms with E-state index in [0.29, 0.717) is 28.2 Å². The SMILES string of the molecule is COc1cc(-c2noc(C3CCCNC3)n2)cc(Cl)c1OC.Cl. The topological polar surface area (TPSA) is 69.4 Å². The minimum absolute atomic E-state index is 0. The van der Waals surface area contributed by atoms with Crippen LogP contribution in [0.25, 0.3) is 11.4 Å². The highest BCUT2D eigenvalue weighted by molar-refractivity contribution is 6.32. The van der Waals surface area contributed by atoms with E-state index in [1.165, 1.54) is 0 Å². The second-order valence-corrected chi connectivity index (χ2v) is 5.60. The fourth-order valence-corrected chi connectivity index (χ4v) is 2.92. The van der Waals surface area contributed by atoms with E-state index < -0.39 is 0 Å². The van der Waals surface area contributed by atoms with Crippen molar-refractivity contribution >= 4 is 24.0 Å². The van der Waals surface area contributed by atoms with E-state index in [2.05, 4.69) is 15.5 Å². The van der Waals surface area contributed by atoms with E-state index in [1.807, 2.05) is 0 Å². The van der Waals surface area contributed by atoms with Gasteiger partial charge in [-0.15, -0.1) is 12.4 Å². The molecule has 1 saturated heterocycles. The first kappa shape index (κ1) is 17.8. The van der Waals surface area contributed by atoms with E-state index in [-0.39, 0.29) is 18.3 Å². The molecule has 8 heteroatoms. The lowest BCUT2D eigenvalue weighted by molar-refractivity contribution is 0.322. The first-order valence-corrected chi connectivity index (χ1v) is 7.57. The summed E-state index contributed by atoms with van der Waals surface area (Å²) in [4.78, 5) is 4.50. The number of aromatic nitrogens is 2. The van der Waals surface area contributed by atoms with Gasteiger partial charge in [0.15, 0.2) is 11.5 Å². The van der Waals surface area contributed by atoms with Crippen LogP contribution in [0.15, 0.2) is 16.7 Å². The Morgan fingerprint density at radius 2 is 2.13 bits per heavy atom. The van der Waals surface area contributed by atoms with Crippen molar-refractivity contribution in [3.05, 3.63) is 23.0 Å². The molecular weight excluding hydrogens is 341 g/mol. The van der Waals surface area contributed by atoms with Gasteiger partial charge in [0.1, 0.15) is 0 Å². The molecule has 126 valence electrons. The van der Waals surface area contributed by atoms with Crippen molar-refractivity contribution < 1.29 is 14.0 Å². The quantitative estimate of drug-likeness (QED) is 0.902. The van der Waals surface area contributed by atoms with Crippen molar-refractivity contribution in [2.24, 2.45) is 0 Å². The molecule has 3 rings (SSSR count). The van der Waals surface area contributed by atoms with Gasteiger partial charge < -0.3 is 19.3 Å². The zero-order chi connectivity index (χ0) is 15.5. The fourth-order valence-electron chi connectivity index (χ4n) is 2.63. The molecule has 0 saturated carbocycles. The van der Waals surface area contributed by atoms with Gasteiger partial charge in [0.05, 0.1) is 25.2 Å². The van der Waals surface area contributed by atoms with Gasteiger partial charge in [0.25, 0.3) is 0 Å². The molecule has 23 heavy (non-hydrogen) atoms. The Morgan fingerprint density at radius 3 is 2.78 bits per heavy atom. The number of rotatable bonds is 4. The number of hydrogen-bond donors (Lipinski definition) is 1. The molecule has 1 aromatic carbocycles. The summed E-state index contributed by atoms with van der Waals surface area (Å²) in [6, 6.07) is 3.54. The Labute approximate surface area is 145 Å². The lowest BCUT2D eigenvalue weighted by atomic mass is 10.00. The summed E-state index contributed by atoms with van der Waals surface area (Å²) >= 11 is 6.22. The van der Waals surface area contributed by atoms with Crippen LogP contribution in [0.2, 0.25) is 5.02 Å². The van der Waals surface area contributed by atoms with Crippen LogP contribution in [0.4, 0.5) is 0 Å². The molecule has 0 radical (unpaired) electrons. The highest BCUT2D eigenvalue weighted by Gasteiger charge is 2.22. The predicted molar refractivity (Wildman–Crippen MR) is 89.9 cm³/mol. The molecule has 1 N–H and O–H groups in total. The summed E-state index contributed by atoms with van der Waals surface area (Å²) in [6.07, 6.45) is 2.17. The van der Waals surface area contributed by atoms with Crippen molar-refractivity contribution in [2.45, 2.75) is 18.8 Å². The second-order valence-electron chi connectivity index (χ2n) is 5.19. The van der Waals surface area contributed by atoms with Gasteiger partial charge in [-0.1, -0.05) is 16.8 Å². The Bertz CT molecular complexity index is 657. The molecule has 0 amide bonds. The van der Waals surface area contributed by atoms with Crippen LogP contribution in [-0.2, 0) is 0 Å². The van der Waals surface area contributed by atoms with Crippen LogP contribution in [-0.4, -0.2) is 37.4 Å². The number of piperidine rings is 1. The number of hydrogen-bond acceptors (Lipinski definition) is 6. The Balaban J connectivity index is 0.00000192. The Morgan fingerprint density at radius 1 is 1.30 bits per heavy atom. The van der Waals surface area contributed by atoms with Crippen molar-refractivity contribution in [1.82, 2.24) is 15.5 Å². The first-order valence-electron chi connectivity index (χ1n) is 7.19. The monoisotopic (exact) mass is 359 g/mol. The zero-order valence-corrected chi connectivity index (χ0v) is 14.5. The highest BCUT2D eigenvalue weighted by Crippen LogP contribution is 2.38. The highest BCUT2D eigenvalue weighted by atomic mass is 35.5. The average Bonchev–Trinajstić information content (AvgIpc) is 3.05. The molecule has 0 spiro atoms. The van der Waals surface area contributed by atoms with Crippen LogP contribution in [0, 0.1) is 0 Å². The minimum atomic E-state index is 0. The summed E-state index contributed by atoms with van der Waals surface area (Å²) in [5.41, 5.74) is 0.737. The third kappa shape index (κ3) is 3.71. The summed E-state index contributed by atoms with van der Waals surface area (Å²) in [6.45, 7) is 1.91. The minimum Gasteiger partial charge on any atom is -0.493 e. The fraction of sp³-hybridized carbons (Fsp3) is 0.467. The third-order valence-corrected chi connectivity index (χ3v) is 4.06. The molecule has 6 nitrogen and oxygen atoms in total. The zero-order valence-electron chi connectivity index (χ0n) is 13.0. The smallest absolute Gasteiger partial charge is 0.231 e. The number of halogens is 2. The van der Waals surface area contributed by atoms with Gasteiger partial charge in [-0.25, -0.2) is 0 Å². The van der Waals surface area contributed by atoms with Crippen molar-refractivity contribution in [3.8, 4) is 22.9 Å². The predicted octanol–water partition coefficient (Wildman–Crippen LogP) is 3.30. The first-order chi connectivity index (χ1) is 10.7. The van der Waals surface area contributed by atoms with Gasteiger partial charge in [-0.05, 0) is 31.5 Å². The standard InChI is InChI=1S/C15H18ClN3O3.ClH/c1-20-12-7-10(6-11(16)13(12)21-2)14-18-15(22-19-14)9-4-3-5-17-8-9;/h6-7,9,17H,3-5,8H2,1-2H3;1H. The lowest BCUT2D eigenvalue weighted by Gasteiger charge is -2.18. The van der Waals surface area contributed by atoms with Gasteiger partial charge in [-0.2, -0.15) is 4.98 Å². The largest absolute Gasteiger partial charge is 0.493 e. The molecule has 1 atom stereocenters. The molecule has 1 unspecified atom stereocenters. The molecule has 1 aliphatic rings. The van der Waals surface area contributed by atoms with Gasteiger partial charge >= 0.3 is 0 Å². The third-order valence-electron chi connectivity index (χ3n) is 3.78. The number of methoxy groups -OCH3 is 2. The summed E-state index contributed by atoms with van der Waals surface area (Å²) < 4.78 is 15.9. The molecule has 0 aliphatic carbocycles. The van der Waals surface area contributed by atoms with E-state index in [1.54, 1.807) is 26.4 Å². The lowest BCUT2D eigenvalue weighted by Crippen LogP contribution is -2.28. The van der Waals surface area contributed by atoms with E-state index >= 15 is 0 Å². The van der Waals surface area contributed by atoms with Gasteiger partial charge in [-0.3, -0.25) is 0 Å². The molecule has 1 aromatic heterocycles. The van der Waals surface area contributed by atoms with E-state index in [4.69, 9.17) is 25.6 Å². The molecule has 1 aliphatic heterocycles. The average molecular weight is 360 g/mol. The number of ether oxygens (including phenoxy) is 2. The van der Waals surface area contributed by atoms with E-state index in [9.17, 15) is 0 Å². The number of benzene rings is 1. The normalized spacial score (nSPS) is 17.4. The van der Waals surface area contributed by atoms with Crippen LogP contribution in [0.3, 0.4) is 0 Å². The maximum Gasteiger partial charge on any atom is 0.231 e. The Hall–Kier alpha value is -1.50.